The van der Waals surface area contributed by atoms with Crippen molar-refractivity contribution in [2.75, 3.05) is 6.54 Å². The molecule has 94 valence electrons. The minimum Gasteiger partial charge on any atom is -0.309 e. The first-order valence-electron chi connectivity index (χ1n) is 6.16. The quantitative estimate of drug-likeness (QED) is 0.644. The molecule has 1 N–H and O–H groups in total. The van der Waals surface area contributed by atoms with Crippen LogP contribution in [0.3, 0.4) is 0 Å². The highest BCUT2D eigenvalue weighted by atomic mass is 15.3. The lowest BCUT2D eigenvalue weighted by Crippen LogP contribution is -2.13. The van der Waals surface area contributed by atoms with Crippen LogP contribution in [0.15, 0.2) is 43.0 Å². The minimum absolute atomic E-state index is 0.815. The summed E-state index contributed by atoms with van der Waals surface area (Å²) < 4.78 is 2.00. The Morgan fingerprint density at radius 2 is 2.00 bits per heavy atom. The summed E-state index contributed by atoms with van der Waals surface area (Å²) in [7, 11) is 0. The Morgan fingerprint density at radius 3 is 2.67 bits per heavy atom. The van der Waals surface area contributed by atoms with Crippen molar-refractivity contribution in [3.63, 3.8) is 0 Å². The largest absolute Gasteiger partial charge is 0.309 e. The van der Waals surface area contributed by atoms with Gasteiger partial charge in [-0.25, -0.2) is 4.68 Å². The number of nitrogens with one attached hydrogen (secondary N) is 1. The summed E-state index contributed by atoms with van der Waals surface area (Å²) in [6.07, 6.45) is 1.87. The van der Waals surface area contributed by atoms with Gasteiger partial charge in [0.25, 0.3) is 0 Å². The number of benzene rings is 1. The molecule has 0 radical (unpaired) electrons. The lowest BCUT2D eigenvalue weighted by atomic mass is 10.2. The van der Waals surface area contributed by atoms with E-state index in [0.29, 0.717) is 0 Å². The van der Waals surface area contributed by atoms with Crippen molar-refractivity contribution in [1.29, 1.82) is 0 Å². The van der Waals surface area contributed by atoms with E-state index in [-0.39, 0.29) is 0 Å². The molecule has 0 aliphatic heterocycles. The van der Waals surface area contributed by atoms with Crippen LogP contribution in [-0.2, 0) is 6.54 Å². The Bertz CT molecular complexity index is 526. The van der Waals surface area contributed by atoms with E-state index in [0.717, 1.165) is 24.5 Å². The lowest BCUT2D eigenvalue weighted by Gasteiger charge is -2.05. The van der Waals surface area contributed by atoms with Crippen molar-refractivity contribution in [3.05, 3.63) is 59.9 Å². The molecule has 0 atom stereocenters. The van der Waals surface area contributed by atoms with Gasteiger partial charge in [0.05, 0.1) is 11.4 Å². The summed E-state index contributed by atoms with van der Waals surface area (Å²) >= 11 is 0. The predicted octanol–water partition coefficient (Wildman–Crippen LogP) is 2.76. The number of aromatic nitrogens is 2. The Hall–Kier alpha value is -1.87. The van der Waals surface area contributed by atoms with Gasteiger partial charge in [0.15, 0.2) is 0 Å². The Labute approximate surface area is 108 Å². The summed E-state index contributed by atoms with van der Waals surface area (Å²) in [6, 6.07) is 10.2. The fraction of sp³-hybridized carbons (Fsp3) is 0.267. The van der Waals surface area contributed by atoms with E-state index in [1.165, 1.54) is 11.3 Å². The van der Waals surface area contributed by atoms with Crippen LogP contribution in [0.4, 0.5) is 0 Å². The second-order valence-electron chi connectivity index (χ2n) is 4.32. The van der Waals surface area contributed by atoms with Gasteiger partial charge in [-0.2, -0.15) is 5.10 Å². The zero-order valence-corrected chi connectivity index (χ0v) is 11.0. The average Bonchev–Trinajstić information content (AvgIpc) is 2.68. The molecule has 2 aromatic rings. The van der Waals surface area contributed by atoms with Gasteiger partial charge < -0.3 is 5.32 Å². The van der Waals surface area contributed by atoms with E-state index < -0.39 is 0 Å². The average molecular weight is 241 g/mol. The molecule has 1 aromatic carbocycles. The number of rotatable bonds is 5. The first kappa shape index (κ1) is 12.6. The SMILES string of the molecule is C=CCNCc1c(C)nn(-c2ccccc2)c1C. The molecule has 0 amide bonds. The molecular formula is C15H19N3. The maximum atomic E-state index is 4.61. The predicted molar refractivity (Wildman–Crippen MR) is 74.9 cm³/mol. The highest BCUT2D eigenvalue weighted by molar-refractivity contribution is 5.36. The zero-order chi connectivity index (χ0) is 13.0. The van der Waals surface area contributed by atoms with Crippen LogP contribution in [0, 0.1) is 13.8 Å². The molecule has 0 aliphatic carbocycles. The fourth-order valence-corrected chi connectivity index (χ4v) is 2.05. The van der Waals surface area contributed by atoms with E-state index in [1.54, 1.807) is 0 Å². The maximum Gasteiger partial charge on any atom is 0.0648 e. The highest BCUT2D eigenvalue weighted by Crippen LogP contribution is 2.17. The summed E-state index contributed by atoms with van der Waals surface area (Å²) in [4.78, 5) is 0. The molecule has 0 bridgehead atoms. The second-order valence-corrected chi connectivity index (χ2v) is 4.32. The van der Waals surface area contributed by atoms with Crippen molar-refractivity contribution in [1.82, 2.24) is 15.1 Å². The molecule has 1 aromatic heterocycles. The standard InChI is InChI=1S/C15H19N3/c1-4-10-16-11-15-12(2)17-18(13(15)3)14-8-6-5-7-9-14/h4-9,16H,1,10-11H2,2-3H3. The Balaban J connectivity index is 2.29. The number of hydrogen-bond donors (Lipinski definition) is 1. The maximum absolute atomic E-state index is 4.61. The van der Waals surface area contributed by atoms with Crippen LogP contribution in [-0.4, -0.2) is 16.3 Å². The minimum atomic E-state index is 0.815. The topological polar surface area (TPSA) is 29.9 Å². The van der Waals surface area contributed by atoms with Crippen molar-refractivity contribution in [2.24, 2.45) is 0 Å². The molecule has 3 heteroatoms. The molecule has 0 spiro atoms. The van der Waals surface area contributed by atoms with Gasteiger partial charge >= 0.3 is 0 Å². The molecule has 18 heavy (non-hydrogen) atoms. The van der Waals surface area contributed by atoms with Crippen LogP contribution in [0.25, 0.3) is 5.69 Å². The first-order valence-corrected chi connectivity index (χ1v) is 6.16. The van der Waals surface area contributed by atoms with E-state index in [9.17, 15) is 0 Å². The third-order valence-corrected chi connectivity index (χ3v) is 3.03. The smallest absolute Gasteiger partial charge is 0.0648 e. The molecule has 0 fully saturated rings. The lowest BCUT2D eigenvalue weighted by molar-refractivity contribution is 0.751. The number of aryl methyl sites for hydroxylation is 1. The number of para-hydroxylation sites is 1. The van der Waals surface area contributed by atoms with Crippen LogP contribution in [0.5, 0.6) is 0 Å². The van der Waals surface area contributed by atoms with Gasteiger partial charge in [-0.15, -0.1) is 6.58 Å². The molecule has 2 rings (SSSR count). The monoisotopic (exact) mass is 241 g/mol. The van der Waals surface area contributed by atoms with E-state index in [2.05, 4.69) is 43.0 Å². The third kappa shape index (κ3) is 2.51. The van der Waals surface area contributed by atoms with Crippen molar-refractivity contribution >= 4 is 0 Å². The van der Waals surface area contributed by atoms with Crippen molar-refractivity contribution in [2.45, 2.75) is 20.4 Å². The zero-order valence-electron chi connectivity index (χ0n) is 11.0. The van der Waals surface area contributed by atoms with Gasteiger partial charge in [0, 0.05) is 24.3 Å². The van der Waals surface area contributed by atoms with Gasteiger partial charge in [-0.1, -0.05) is 24.3 Å². The summed E-state index contributed by atoms with van der Waals surface area (Å²) in [5, 5.41) is 7.94. The van der Waals surface area contributed by atoms with Crippen molar-refractivity contribution < 1.29 is 0 Å². The fourth-order valence-electron chi connectivity index (χ4n) is 2.05. The third-order valence-electron chi connectivity index (χ3n) is 3.03. The molecular weight excluding hydrogens is 222 g/mol. The van der Waals surface area contributed by atoms with Crippen LogP contribution in [0.1, 0.15) is 17.0 Å². The Kier molecular flexibility index (Phi) is 3.95. The van der Waals surface area contributed by atoms with Gasteiger partial charge in [0.1, 0.15) is 0 Å². The van der Waals surface area contributed by atoms with Crippen LogP contribution >= 0.6 is 0 Å². The van der Waals surface area contributed by atoms with Gasteiger partial charge in [0.2, 0.25) is 0 Å². The molecule has 0 unspecified atom stereocenters. The summed E-state index contributed by atoms with van der Waals surface area (Å²) in [5.41, 5.74) is 4.64. The first-order chi connectivity index (χ1) is 8.74. The highest BCUT2D eigenvalue weighted by Gasteiger charge is 2.11. The van der Waals surface area contributed by atoms with E-state index in [4.69, 9.17) is 0 Å². The van der Waals surface area contributed by atoms with Gasteiger partial charge in [-0.05, 0) is 26.0 Å². The molecule has 0 saturated heterocycles. The molecule has 1 heterocycles. The van der Waals surface area contributed by atoms with Gasteiger partial charge in [-0.3, -0.25) is 0 Å². The number of nitrogens with zero attached hydrogens (tertiary/aromatic N) is 2. The summed E-state index contributed by atoms with van der Waals surface area (Å²) in [5.74, 6) is 0. The molecule has 0 aliphatic rings. The normalized spacial score (nSPS) is 10.6. The summed E-state index contributed by atoms with van der Waals surface area (Å²) in [6.45, 7) is 9.51. The van der Waals surface area contributed by atoms with E-state index >= 15 is 0 Å². The molecule has 3 nitrogen and oxygen atoms in total. The van der Waals surface area contributed by atoms with E-state index in [1.807, 2.05) is 29.0 Å². The molecule has 0 saturated carbocycles. The second kappa shape index (κ2) is 5.65. The number of hydrogen-bond acceptors (Lipinski definition) is 2. The van der Waals surface area contributed by atoms with Crippen LogP contribution in [0.2, 0.25) is 0 Å². The Morgan fingerprint density at radius 1 is 1.28 bits per heavy atom. The van der Waals surface area contributed by atoms with Crippen LogP contribution < -0.4 is 5.32 Å². The van der Waals surface area contributed by atoms with Crippen molar-refractivity contribution in [3.8, 4) is 5.69 Å².